The summed E-state index contributed by atoms with van der Waals surface area (Å²) in [6, 6.07) is 0. The first-order valence-corrected chi connectivity index (χ1v) is 5.74. The van der Waals surface area contributed by atoms with Crippen molar-refractivity contribution in [2.24, 2.45) is 10.8 Å². The van der Waals surface area contributed by atoms with Crippen molar-refractivity contribution in [3.8, 4) is 0 Å². The smallest absolute Gasteiger partial charge is 0.0808 e. The number of allylic oxidation sites excluding steroid dienone is 2. The minimum absolute atomic E-state index is 0.254. The van der Waals surface area contributed by atoms with Crippen molar-refractivity contribution < 1.29 is 10.2 Å². The van der Waals surface area contributed by atoms with Gasteiger partial charge < -0.3 is 10.2 Å². The summed E-state index contributed by atoms with van der Waals surface area (Å²) in [7, 11) is 0. The molecule has 2 N–H and O–H groups in total. The van der Waals surface area contributed by atoms with Gasteiger partial charge in [0.05, 0.1) is 12.2 Å². The molecule has 0 aromatic heterocycles. The molecule has 0 saturated heterocycles. The van der Waals surface area contributed by atoms with Crippen LogP contribution in [0.2, 0.25) is 0 Å². The van der Waals surface area contributed by atoms with E-state index in [1.165, 1.54) is 25.7 Å². The topological polar surface area (TPSA) is 40.5 Å². The molecule has 2 saturated carbocycles. The monoisotopic (exact) mass is 194 g/mol. The summed E-state index contributed by atoms with van der Waals surface area (Å²) in [5.41, 5.74) is 0.508. The van der Waals surface area contributed by atoms with Crippen LogP contribution >= 0.6 is 0 Å². The lowest BCUT2D eigenvalue weighted by Gasteiger charge is -2.62. The maximum atomic E-state index is 9.75. The Morgan fingerprint density at radius 2 is 1.29 bits per heavy atom. The van der Waals surface area contributed by atoms with Crippen LogP contribution in [0.4, 0.5) is 0 Å². The highest BCUT2D eigenvalue weighted by molar-refractivity contribution is 5.30. The normalized spacial score (nSPS) is 55.9. The number of aliphatic hydroxyl groups excluding tert-OH is 2. The van der Waals surface area contributed by atoms with Crippen molar-refractivity contribution in [2.75, 3.05) is 0 Å². The highest BCUT2D eigenvalue weighted by Gasteiger charge is 2.59. The maximum absolute atomic E-state index is 9.75. The maximum Gasteiger partial charge on any atom is 0.0808 e. The molecule has 4 unspecified atom stereocenters. The largest absolute Gasteiger partial charge is 0.390 e. The van der Waals surface area contributed by atoms with Gasteiger partial charge in [-0.3, -0.25) is 0 Å². The van der Waals surface area contributed by atoms with Crippen LogP contribution < -0.4 is 0 Å². The lowest BCUT2D eigenvalue weighted by molar-refractivity contribution is -0.125. The number of rotatable bonds is 0. The summed E-state index contributed by atoms with van der Waals surface area (Å²) in [5, 5.41) is 19.5. The molecule has 3 aliphatic rings. The molecule has 78 valence electrons. The Morgan fingerprint density at radius 1 is 0.857 bits per heavy atom. The fourth-order valence-corrected chi connectivity index (χ4v) is 3.87. The van der Waals surface area contributed by atoms with Gasteiger partial charge in [0.2, 0.25) is 0 Å². The van der Waals surface area contributed by atoms with Crippen LogP contribution in [0.3, 0.4) is 0 Å². The van der Waals surface area contributed by atoms with Crippen molar-refractivity contribution >= 4 is 0 Å². The van der Waals surface area contributed by atoms with Gasteiger partial charge in [-0.1, -0.05) is 25.0 Å². The van der Waals surface area contributed by atoms with Crippen LogP contribution in [0.25, 0.3) is 0 Å². The SMILES string of the molecule is OC1CC23C=CC2(CCCC3)CC1O. The van der Waals surface area contributed by atoms with Crippen LogP contribution in [0.5, 0.6) is 0 Å². The summed E-state index contributed by atoms with van der Waals surface area (Å²) in [5.74, 6) is 0. The summed E-state index contributed by atoms with van der Waals surface area (Å²) < 4.78 is 0. The van der Waals surface area contributed by atoms with E-state index in [1.54, 1.807) is 0 Å². The van der Waals surface area contributed by atoms with E-state index < -0.39 is 12.2 Å². The van der Waals surface area contributed by atoms with Crippen molar-refractivity contribution in [3.05, 3.63) is 12.2 Å². The van der Waals surface area contributed by atoms with Gasteiger partial charge in [0.1, 0.15) is 0 Å². The Kier molecular flexibility index (Phi) is 1.67. The second-order valence-electron chi connectivity index (χ2n) is 5.40. The fraction of sp³-hybridized carbons (Fsp3) is 0.833. The molecule has 3 rings (SSSR count). The molecule has 0 heterocycles. The summed E-state index contributed by atoms with van der Waals surface area (Å²) in [6.45, 7) is 0. The quantitative estimate of drug-likeness (QED) is 0.575. The Hall–Kier alpha value is -0.340. The average Bonchev–Trinajstić information content (AvgIpc) is 2.15. The Labute approximate surface area is 84.6 Å². The zero-order valence-corrected chi connectivity index (χ0v) is 8.45. The van der Waals surface area contributed by atoms with Gasteiger partial charge in [-0.05, 0) is 36.5 Å². The van der Waals surface area contributed by atoms with E-state index in [4.69, 9.17) is 0 Å². The van der Waals surface area contributed by atoms with E-state index in [1.807, 2.05) is 0 Å². The first kappa shape index (κ1) is 8.93. The third kappa shape index (κ3) is 0.887. The van der Waals surface area contributed by atoms with Gasteiger partial charge in [0.25, 0.3) is 0 Å². The van der Waals surface area contributed by atoms with Crippen molar-refractivity contribution in [2.45, 2.75) is 50.7 Å². The molecule has 0 spiro atoms. The van der Waals surface area contributed by atoms with Crippen LogP contribution in [0.1, 0.15) is 38.5 Å². The summed E-state index contributed by atoms with van der Waals surface area (Å²) in [4.78, 5) is 0. The fourth-order valence-electron chi connectivity index (χ4n) is 3.87. The minimum atomic E-state index is -0.494. The third-order valence-corrected chi connectivity index (χ3v) is 4.80. The lowest BCUT2D eigenvalue weighted by atomic mass is 9.43. The third-order valence-electron chi connectivity index (χ3n) is 4.80. The molecule has 0 bridgehead atoms. The standard InChI is InChI=1S/C12H18O2/c13-9-7-11-3-1-2-4-12(11,6-5-11)8-10(9)14/h5-6,9-10,13-14H,1-4,7-8H2. The molecule has 0 aliphatic heterocycles. The molecule has 4 atom stereocenters. The van der Waals surface area contributed by atoms with E-state index in [9.17, 15) is 10.2 Å². The molecular weight excluding hydrogens is 176 g/mol. The summed E-state index contributed by atoms with van der Waals surface area (Å²) in [6.07, 6.45) is 10.2. The van der Waals surface area contributed by atoms with Crippen LogP contribution in [0, 0.1) is 10.8 Å². The van der Waals surface area contributed by atoms with Crippen LogP contribution in [0.15, 0.2) is 12.2 Å². The van der Waals surface area contributed by atoms with Crippen LogP contribution in [-0.4, -0.2) is 22.4 Å². The second-order valence-corrected chi connectivity index (χ2v) is 5.40. The average molecular weight is 194 g/mol. The molecule has 0 aromatic carbocycles. The van der Waals surface area contributed by atoms with E-state index in [0.717, 1.165) is 12.8 Å². The van der Waals surface area contributed by atoms with Gasteiger partial charge >= 0.3 is 0 Å². The molecule has 14 heavy (non-hydrogen) atoms. The van der Waals surface area contributed by atoms with Gasteiger partial charge in [0, 0.05) is 0 Å². The molecule has 0 radical (unpaired) electrons. The minimum Gasteiger partial charge on any atom is -0.390 e. The predicted octanol–water partition coefficient (Wildman–Crippen LogP) is 1.62. The van der Waals surface area contributed by atoms with E-state index in [0.29, 0.717) is 0 Å². The number of hydrogen-bond acceptors (Lipinski definition) is 2. The zero-order chi connectivity index (χ0) is 9.81. The highest BCUT2D eigenvalue weighted by atomic mass is 16.3. The van der Waals surface area contributed by atoms with E-state index in [-0.39, 0.29) is 10.8 Å². The van der Waals surface area contributed by atoms with E-state index in [2.05, 4.69) is 12.2 Å². The molecule has 3 aliphatic carbocycles. The Bertz CT molecular complexity index is 258. The summed E-state index contributed by atoms with van der Waals surface area (Å²) >= 11 is 0. The molecule has 2 nitrogen and oxygen atoms in total. The van der Waals surface area contributed by atoms with Crippen LogP contribution in [-0.2, 0) is 0 Å². The van der Waals surface area contributed by atoms with Crippen molar-refractivity contribution in [3.63, 3.8) is 0 Å². The first-order valence-electron chi connectivity index (χ1n) is 5.74. The molecule has 0 aromatic rings. The molecule has 2 heteroatoms. The molecule has 0 amide bonds. The first-order chi connectivity index (χ1) is 6.68. The Morgan fingerprint density at radius 3 is 1.64 bits per heavy atom. The Balaban J connectivity index is 1.95. The van der Waals surface area contributed by atoms with Gasteiger partial charge in [-0.2, -0.15) is 0 Å². The second kappa shape index (κ2) is 2.61. The number of aliphatic hydroxyl groups is 2. The van der Waals surface area contributed by atoms with Gasteiger partial charge in [0.15, 0.2) is 0 Å². The molecule has 2 fully saturated rings. The lowest BCUT2D eigenvalue weighted by Crippen LogP contribution is -2.57. The zero-order valence-electron chi connectivity index (χ0n) is 8.45. The van der Waals surface area contributed by atoms with Crippen molar-refractivity contribution in [1.82, 2.24) is 0 Å². The molecular formula is C12H18O2. The van der Waals surface area contributed by atoms with Gasteiger partial charge in [-0.15, -0.1) is 0 Å². The van der Waals surface area contributed by atoms with E-state index >= 15 is 0 Å². The predicted molar refractivity (Wildman–Crippen MR) is 53.7 cm³/mol. The highest BCUT2D eigenvalue weighted by Crippen LogP contribution is 2.65. The number of hydrogen-bond donors (Lipinski definition) is 2. The van der Waals surface area contributed by atoms with Crippen molar-refractivity contribution in [1.29, 1.82) is 0 Å². The van der Waals surface area contributed by atoms with Gasteiger partial charge in [-0.25, -0.2) is 0 Å².